The fourth-order valence-electron chi connectivity index (χ4n) is 19.6. The van der Waals surface area contributed by atoms with Crippen molar-refractivity contribution in [3.63, 3.8) is 0 Å². The van der Waals surface area contributed by atoms with Gasteiger partial charge in [-0.2, -0.15) is 0 Å². The van der Waals surface area contributed by atoms with E-state index in [-0.39, 0.29) is 0 Å². The molecule has 0 bridgehead atoms. The van der Waals surface area contributed by atoms with Gasteiger partial charge in [0.05, 0.1) is 0 Å². The summed E-state index contributed by atoms with van der Waals surface area (Å²) in [7, 11) is 0. The maximum atomic E-state index is 2.39. The average Bonchev–Trinajstić information content (AvgIpc) is 0.365. The number of fused-ring (bicyclic) bond motifs is 9. The Morgan fingerprint density at radius 3 is 0.659 bits per heavy atom. The Morgan fingerprint density at radius 1 is 0.0794 bits per heavy atom. The molecule has 0 unspecified atom stereocenters. The van der Waals surface area contributed by atoms with Crippen LogP contribution in [0.3, 0.4) is 0 Å². The van der Waals surface area contributed by atoms with Crippen LogP contribution in [0, 0.1) is 0 Å². The average molecular weight is 1600 g/mol. The van der Waals surface area contributed by atoms with E-state index in [2.05, 4.69) is 510 Å². The molecule has 0 saturated heterocycles. The van der Waals surface area contributed by atoms with Crippen molar-refractivity contribution in [1.29, 1.82) is 0 Å². The van der Waals surface area contributed by atoms with Crippen molar-refractivity contribution < 1.29 is 0 Å². The maximum Gasteiger partial charge on any atom is -0.00139 e. The summed E-state index contributed by atoms with van der Waals surface area (Å²) in [6, 6.07) is 185. The monoisotopic (exact) mass is 1600 g/mol. The van der Waals surface area contributed by atoms with Gasteiger partial charge in [-0.15, -0.1) is 0 Å². The molecule has 0 heteroatoms. The van der Waals surface area contributed by atoms with E-state index in [9.17, 15) is 0 Å². The van der Waals surface area contributed by atoms with Gasteiger partial charge in [0, 0.05) is 0 Å². The Balaban J connectivity index is 0.000000112. The SMILES string of the molecule is c1ccc(-c2ccc(-c3c4ccccc4c(-c4c(-c5ccccc5)ccc5ccccc45)c4ccccc34)cc2)cc1.c1ccc(-c2ccc(-c3c4ccccc4c(-c4cc(-c5ccccc5)cc5ccccc45)c4ccccc34)cc2)cc1.c1ccc(-c2ccc(-c3c4ccccc4c(-c4ccc(-c5ccccc5)c5ccccc45)c4ccccc34)cc2)cc1. The van der Waals surface area contributed by atoms with Crippen LogP contribution in [0.5, 0.6) is 0 Å². The van der Waals surface area contributed by atoms with Crippen molar-refractivity contribution in [2.45, 2.75) is 0 Å². The van der Waals surface area contributed by atoms with Crippen LogP contribution >= 0.6 is 0 Å². The standard InChI is InChI=1S/3C42H28/c1-3-13-29(14-4-1)31-23-25-32(26-24-31)41-36-19-9-11-21-38(36)42(39-22-12-10-20-37(39)41)40-28-34(30-15-5-2-6-16-30)27-33-17-7-8-18-35(33)40;1-3-13-29(14-4-1)30-23-25-32(26-24-30)41-36-19-9-11-21-38(36)42(39-22-12-10-20-37(39)41)40-28-27-33(31-15-5-2-6-16-31)34-17-7-8-18-35(34)40;1-3-13-29(14-4-1)30-23-25-33(26-24-30)40-36-19-9-11-21-38(36)42(39-22-12-10-20-37(39)40)41-34-18-8-7-17-32(34)27-28-35(41)31-15-5-2-6-16-31/h3*1-28H. The lowest BCUT2D eigenvalue weighted by molar-refractivity contribution is 1.61. The lowest BCUT2D eigenvalue weighted by Crippen LogP contribution is -1.94. The van der Waals surface area contributed by atoms with Crippen LogP contribution < -0.4 is 0 Å². The van der Waals surface area contributed by atoms with Crippen LogP contribution in [0.2, 0.25) is 0 Å². The van der Waals surface area contributed by atoms with Crippen molar-refractivity contribution in [3.05, 3.63) is 510 Å². The highest BCUT2D eigenvalue weighted by molar-refractivity contribution is 6.28. The van der Waals surface area contributed by atoms with Gasteiger partial charge in [-0.1, -0.05) is 497 Å². The molecule has 0 saturated carbocycles. The Hall–Kier alpha value is -16.4. The molecule has 0 spiro atoms. The first kappa shape index (κ1) is 75.8. The Labute approximate surface area is 734 Å². The molecule has 0 aliphatic carbocycles. The van der Waals surface area contributed by atoms with Crippen LogP contribution in [0.4, 0.5) is 0 Å². The van der Waals surface area contributed by atoms with Crippen LogP contribution in [-0.2, 0) is 0 Å². The minimum absolute atomic E-state index is 1.23. The summed E-state index contributed by atoms with van der Waals surface area (Å²) in [5.74, 6) is 0. The lowest BCUT2D eigenvalue weighted by Gasteiger charge is -2.21. The summed E-state index contributed by atoms with van der Waals surface area (Å²) in [4.78, 5) is 0. The van der Waals surface area contributed by atoms with E-state index >= 15 is 0 Å². The van der Waals surface area contributed by atoms with E-state index in [1.807, 2.05) is 0 Å². The number of hydrogen-bond acceptors (Lipinski definition) is 0. The zero-order chi connectivity index (χ0) is 83.6. The molecule has 0 aromatic heterocycles. The van der Waals surface area contributed by atoms with E-state index in [4.69, 9.17) is 0 Å². The van der Waals surface area contributed by atoms with E-state index in [1.165, 1.54) is 230 Å². The number of benzene rings is 24. The van der Waals surface area contributed by atoms with Gasteiger partial charge in [-0.25, -0.2) is 0 Å². The second-order valence-corrected chi connectivity index (χ2v) is 32.6. The van der Waals surface area contributed by atoms with Crippen molar-refractivity contribution in [3.8, 4) is 134 Å². The highest BCUT2D eigenvalue weighted by Crippen LogP contribution is 2.52. The molecule has 0 heterocycles. The van der Waals surface area contributed by atoms with E-state index < -0.39 is 0 Å². The molecule has 0 fully saturated rings. The van der Waals surface area contributed by atoms with Gasteiger partial charge in [0.25, 0.3) is 0 Å². The number of rotatable bonds is 12. The minimum atomic E-state index is 1.23. The third-order valence-electron chi connectivity index (χ3n) is 25.4. The molecule has 24 aromatic carbocycles. The molecule has 0 atom stereocenters. The lowest BCUT2D eigenvalue weighted by atomic mass is 9.82. The van der Waals surface area contributed by atoms with Crippen LogP contribution in [0.15, 0.2) is 510 Å². The van der Waals surface area contributed by atoms with Gasteiger partial charge in [-0.3, -0.25) is 0 Å². The van der Waals surface area contributed by atoms with Gasteiger partial charge in [0.2, 0.25) is 0 Å². The second kappa shape index (κ2) is 33.6. The van der Waals surface area contributed by atoms with Crippen LogP contribution in [0.1, 0.15) is 0 Å². The first-order valence-corrected chi connectivity index (χ1v) is 43.6. The Kier molecular flexibility index (Phi) is 20.2. The minimum Gasteiger partial charge on any atom is -0.0622 e. The van der Waals surface area contributed by atoms with Gasteiger partial charge >= 0.3 is 0 Å². The fraction of sp³-hybridized carbons (Fsp3) is 0. The summed E-state index contributed by atoms with van der Waals surface area (Å²) in [5, 5.41) is 22.9. The van der Waals surface area contributed by atoms with Crippen molar-refractivity contribution in [2.75, 3.05) is 0 Å². The van der Waals surface area contributed by atoms with Crippen molar-refractivity contribution in [2.24, 2.45) is 0 Å². The van der Waals surface area contributed by atoms with E-state index in [1.54, 1.807) is 0 Å². The zero-order valence-corrected chi connectivity index (χ0v) is 69.5. The zero-order valence-electron chi connectivity index (χ0n) is 69.5. The molecule has 588 valence electrons. The summed E-state index contributed by atoms with van der Waals surface area (Å²) in [6.45, 7) is 0. The third-order valence-corrected chi connectivity index (χ3v) is 25.4. The Morgan fingerprint density at radius 2 is 0.302 bits per heavy atom. The second-order valence-electron chi connectivity index (χ2n) is 32.6. The predicted molar refractivity (Wildman–Crippen MR) is 542 cm³/mol. The molecule has 0 N–H and O–H groups in total. The largest absolute Gasteiger partial charge is 0.0622 e. The predicted octanol–water partition coefficient (Wildman–Crippen LogP) is 35.4. The first-order valence-electron chi connectivity index (χ1n) is 43.6. The molecule has 0 radical (unpaired) electrons. The smallest absolute Gasteiger partial charge is 0.00139 e. The normalized spacial score (nSPS) is 11.3. The molecule has 0 amide bonds. The van der Waals surface area contributed by atoms with E-state index in [0.29, 0.717) is 0 Å². The van der Waals surface area contributed by atoms with Crippen molar-refractivity contribution >= 4 is 97.0 Å². The molecule has 24 aromatic rings. The molecule has 0 nitrogen and oxygen atoms in total. The quantitative estimate of drug-likeness (QED) is 0.107. The molecule has 24 rings (SSSR count). The topological polar surface area (TPSA) is 0 Å². The summed E-state index contributed by atoms with van der Waals surface area (Å²) < 4.78 is 0. The van der Waals surface area contributed by atoms with Gasteiger partial charge in [0.1, 0.15) is 0 Å². The Bertz CT molecular complexity index is 7990. The van der Waals surface area contributed by atoms with Crippen molar-refractivity contribution in [1.82, 2.24) is 0 Å². The van der Waals surface area contributed by atoms with Gasteiger partial charge in [-0.05, 0) is 243 Å². The highest BCUT2D eigenvalue weighted by atomic mass is 14.3. The fourth-order valence-corrected chi connectivity index (χ4v) is 19.6. The summed E-state index contributed by atoms with van der Waals surface area (Å²) in [5.41, 5.74) is 30.1. The van der Waals surface area contributed by atoms with Gasteiger partial charge in [0.15, 0.2) is 0 Å². The molecule has 0 aliphatic rings. The molecule has 126 heavy (non-hydrogen) atoms. The highest BCUT2D eigenvalue weighted by Gasteiger charge is 2.25. The third kappa shape index (κ3) is 14.1. The summed E-state index contributed by atoms with van der Waals surface area (Å²) >= 11 is 0. The van der Waals surface area contributed by atoms with E-state index in [0.717, 1.165) is 0 Å². The van der Waals surface area contributed by atoms with Gasteiger partial charge < -0.3 is 0 Å². The summed E-state index contributed by atoms with van der Waals surface area (Å²) in [6.07, 6.45) is 0. The molecular formula is C126H84. The van der Waals surface area contributed by atoms with Crippen LogP contribution in [-0.4, -0.2) is 0 Å². The molecular weight excluding hydrogens is 1510 g/mol. The molecule has 0 aliphatic heterocycles. The first-order chi connectivity index (χ1) is 62.6. The maximum absolute atomic E-state index is 2.39. The number of hydrogen-bond donors (Lipinski definition) is 0. The van der Waals surface area contributed by atoms with Crippen LogP contribution in [0.25, 0.3) is 230 Å².